The van der Waals surface area contributed by atoms with Crippen LogP contribution >= 0.6 is 0 Å². The van der Waals surface area contributed by atoms with Crippen molar-refractivity contribution < 1.29 is 4.79 Å². The summed E-state index contributed by atoms with van der Waals surface area (Å²) in [4.78, 5) is 31.5. The quantitative estimate of drug-likeness (QED) is 0.859. The van der Waals surface area contributed by atoms with Crippen molar-refractivity contribution in [3.63, 3.8) is 0 Å². The van der Waals surface area contributed by atoms with Crippen LogP contribution in [-0.4, -0.2) is 38.9 Å². The van der Waals surface area contributed by atoms with Crippen molar-refractivity contribution in [2.75, 3.05) is 18.0 Å². The van der Waals surface area contributed by atoms with Gasteiger partial charge >= 0.3 is 0 Å². The van der Waals surface area contributed by atoms with Gasteiger partial charge in [0.25, 0.3) is 0 Å². The molecule has 7 heteroatoms. The minimum atomic E-state index is -0.515. The first-order chi connectivity index (χ1) is 12.1. The maximum atomic E-state index is 12.3. The summed E-state index contributed by atoms with van der Waals surface area (Å²) in [6.07, 6.45) is 11.0. The lowest BCUT2D eigenvalue weighted by atomic mass is 9.75. The van der Waals surface area contributed by atoms with E-state index < -0.39 is 5.41 Å². The highest BCUT2D eigenvalue weighted by atomic mass is 16.1. The molecule has 1 saturated heterocycles. The van der Waals surface area contributed by atoms with Gasteiger partial charge in [-0.25, -0.2) is 9.97 Å². The number of nitrogens with two attached hydrogens (primary N) is 1. The van der Waals surface area contributed by atoms with Gasteiger partial charge in [-0.1, -0.05) is 0 Å². The predicted molar refractivity (Wildman–Crippen MR) is 94.8 cm³/mol. The molecule has 3 heterocycles. The van der Waals surface area contributed by atoms with Gasteiger partial charge in [-0.15, -0.1) is 0 Å². The van der Waals surface area contributed by atoms with E-state index in [-0.39, 0.29) is 5.91 Å². The third kappa shape index (κ3) is 4.10. The van der Waals surface area contributed by atoms with E-state index in [4.69, 9.17) is 5.73 Å². The highest BCUT2D eigenvalue weighted by molar-refractivity contribution is 5.81. The minimum absolute atomic E-state index is 0.220. The molecule has 2 aromatic heterocycles. The maximum Gasteiger partial charge on any atom is 0.225 e. The van der Waals surface area contributed by atoms with Crippen molar-refractivity contribution in [1.82, 2.24) is 19.9 Å². The Kier molecular flexibility index (Phi) is 5.21. The summed E-state index contributed by atoms with van der Waals surface area (Å²) in [6, 6.07) is 1.89. The summed E-state index contributed by atoms with van der Waals surface area (Å²) in [7, 11) is 0. The van der Waals surface area contributed by atoms with Crippen LogP contribution in [0.25, 0.3) is 0 Å². The van der Waals surface area contributed by atoms with Crippen LogP contribution in [0.2, 0.25) is 0 Å². The fraction of sp³-hybridized carbons (Fsp3) is 0.500. The van der Waals surface area contributed by atoms with Gasteiger partial charge in [0.05, 0.1) is 11.1 Å². The van der Waals surface area contributed by atoms with E-state index in [9.17, 15) is 4.79 Å². The topological polar surface area (TPSA) is 97.9 Å². The normalized spacial score (nSPS) is 20.4. The lowest BCUT2D eigenvalue weighted by Crippen LogP contribution is -2.51. The minimum Gasteiger partial charge on any atom is -0.369 e. The second kappa shape index (κ2) is 7.55. The van der Waals surface area contributed by atoms with E-state index in [1.807, 2.05) is 13.0 Å². The number of anilines is 1. The number of rotatable bonds is 6. The molecule has 2 aromatic rings. The molecule has 0 spiro atoms. The molecule has 7 nitrogen and oxygen atoms in total. The molecule has 132 valence electrons. The highest BCUT2D eigenvalue weighted by Crippen LogP contribution is 2.36. The molecule has 1 aliphatic heterocycles. The van der Waals surface area contributed by atoms with Crippen LogP contribution in [0.4, 0.5) is 5.82 Å². The van der Waals surface area contributed by atoms with Crippen LogP contribution in [0.15, 0.2) is 30.9 Å². The average molecular weight is 340 g/mol. The lowest BCUT2D eigenvalue weighted by molar-refractivity contribution is -0.128. The third-order valence-corrected chi connectivity index (χ3v) is 4.89. The Balaban J connectivity index is 1.69. The number of aryl methyl sites for hydroxylation is 2. The van der Waals surface area contributed by atoms with Crippen molar-refractivity contribution in [1.29, 1.82) is 0 Å². The smallest absolute Gasteiger partial charge is 0.225 e. The van der Waals surface area contributed by atoms with Crippen molar-refractivity contribution in [2.45, 2.75) is 39.0 Å². The van der Waals surface area contributed by atoms with E-state index in [0.717, 1.165) is 56.0 Å². The molecule has 3 rings (SSSR count). The molecule has 0 aromatic carbocycles. The fourth-order valence-corrected chi connectivity index (χ4v) is 3.54. The summed E-state index contributed by atoms with van der Waals surface area (Å²) >= 11 is 0. The SMILES string of the molecule is Cc1nccc(N2CCCC(CCCc3cnccn3)(C(N)=O)C2)n1. The Hall–Kier alpha value is -2.57. The fourth-order valence-electron chi connectivity index (χ4n) is 3.54. The number of primary amides is 1. The summed E-state index contributed by atoms with van der Waals surface area (Å²) in [5.41, 5.74) is 6.26. The second-order valence-corrected chi connectivity index (χ2v) is 6.68. The van der Waals surface area contributed by atoms with Gasteiger partial charge < -0.3 is 10.6 Å². The first kappa shape index (κ1) is 17.3. The lowest BCUT2D eigenvalue weighted by Gasteiger charge is -2.41. The molecule has 2 N–H and O–H groups in total. The zero-order valence-corrected chi connectivity index (χ0v) is 14.6. The van der Waals surface area contributed by atoms with Gasteiger partial charge in [0, 0.05) is 37.9 Å². The molecular weight excluding hydrogens is 316 g/mol. The number of aromatic nitrogens is 4. The van der Waals surface area contributed by atoms with Crippen LogP contribution in [0.1, 0.15) is 37.2 Å². The van der Waals surface area contributed by atoms with Gasteiger partial charge in [0.2, 0.25) is 5.91 Å². The first-order valence-corrected chi connectivity index (χ1v) is 8.68. The summed E-state index contributed by atoms with van der Waals surface area (Å²) in [5.74, 6) is 1.38. The zero-order chi connectivity index (χ0) is 17.7. The summed E-state index contributed by atoms with van der Waals surface area (Å²) < 4.78 is 0. The number of hydrogen-bond acceptors (Lipinski definition) is 6. The van der Waals surface area contributed by atoms with Gasteiger partial charge in [-0.05, 0) is 45.1 Å². The van der Waals surface area contributed by atoms with Crippen LogP contribution < -0.4 is 10.6 Å². The van der Waals surface area contributed by atoms with Gasteiger partial charge in [-0.3, -0.25) is 14.8 Å². The second-order valence-electron chi connectivity index (χ2n) is 6.68. The van der Waals surface area contributed by atoms with Crippen LogP contribution in [-0.2, 0) is 11.2 Å². The zero-order valence-electron chi connectivity index (χ0n) is 14.6. The summed E-state index contributed by atoms with van der Waals surface area (Å²) in [6.45, 7) is 3.37. The molecule has 1 amide bonds. The molecule has 1 aliphatic rings. The largest absolute Gasteiger partial charge is 0.369 e. The van der Waals surface area contributed by atoms with E-state index in [0.29, 0.717) is 6.54 Å². The van der Waals surface area contributed by atoms with Gasteiger partial charge in [0.1, 0.15) is 11.6 Å². The van der Waals surface area contributed by atoms with Crippen molar-refractivity contribution in [2.24, 2.45) is 11.1 Å². The number of hydrogen-bond donors (Lipinski definition) is 1. The average Bonchev–Trinajstić information content (AvgIpc) is 2.63. The van der Waals surface area contributed by atoms with Crippen LogP contribution in [0, 0.1) is 12.3 Å². The Morgan fingerprint density at radius 3 is 2.92 bits per heavy atom. The first-order valence-electron chi connectivity index (χ1n) is 8.68. The molecule has 1 atom stereocenters. The molecule has 25 heavy (non-hydrogen) atoms. The number of carbonyl (C=O) groups excluding carboxylic acids is 1. The molecule has 1 fully saturated rings. The van der Waals surface area contributed by atoms with E-state index >= 15 is 0 Å². The Morgan fingerprint density at radius 1 is 1.32 bits per heavy atom. The molecule has 0 saturated carbocycles. The Labute approximate surface area is 147 Å². The van der Waals surface area contributed by atoms with E-state index in [1.165, 1.54) is 0 Å². The monoisotopic (exact) mass is 340 g/mol. The maximum absolute atomic E-state index is 12.3. The van der Waals surface area contributed by atoms with Gasteiger partial charge in [0.15, 0.2) is 0 Å². The van der Waals surface area contributed by atoms with Crippen molar-refractivity contribution >= 4 is 11.7 Å². The standard InChI is InChI=1S/C18H24N6O/c1-14-21-8-5-16(23-14)24-11-3-7-18(13-24,17(19)25)6-2-4-15-12-20-9-10-22-15/h5,8-10,12H,2-4,6-7,11,13H2,1H3,(H2,19,25). The highest BCUT2D eigenvalue weighted by Gasteiger charge is 2.40. The number of carbonyl (C=O) groups is 1. The van der Waals surface area contributed by atoms with Crippen molar-refractivity contribution in [3.8, 4) is 0 Å². The summed E-state index contributed by atoms with van der Waals surface area (Å²) in [5, 5.41) is 0. The Morgan fingerprint density at radius 2 is 2.20 bits per heavy atom. The van der Waals surface area contributed by atoms with E-state index in [2.05, 4.69) is 24.8 Å². The predicted octanol–water partition coefficient (Wildman–Crippen LogP) is 1.67. The number of amides is 1. The molecular formula is C18H24N6O. The molecule has 0 aliphatic carbocycles. The van der Waals surface area contributed by atoms with E-state index in [1.54, 1.807) is 24.8 Å². The van der Waals surface area contributed by atoms with Crippen molar-refractivity contribution in [3.05, 3.63) is 42.4 Å². The molecule has 0 radical (unpaired) electrons. The number of nitrogens with zero attached hydrogens (tertiary/aromatic N) is 5. The van der Waals surface area contributed by atoms with Crippen LogP contribution in [0.3, 0.4) is 0 Å². The van der Waals surface area contributed by atoms with Gasteiger partial charge in [-0.2, -0.15) is 0 Å². The van der Waals surface area contributed by atoms with Crippen LogP contribution in [0.5, 0.6) is 0 Å². The third-order valence-electron chi connectivity index (χ3n) is 4.89. The number of piperidine rings is 1. The molecule has 1 unspecified atom stereocenters. The molecule has 0 bridgehead atoms. The Bertz CT molecular complexity index is 723.